The second kappa shape index (κ2) is 12.5. The molecule has 0 amide bonds. The molecule has 0 saturated carbocycles. The predicted octanol–water partition coefficient (Wildman–Crippen LogP) is 2.36. The molecular formula is C21H37N3O5. The largest absolute Gasteiger partial charge is 0.469 e. The third-order valence-corrected chi connectivity index (χ3v) is 5.16. The van der Waals surface area contributed by atoms with Crippen molar-refractivity contribution in [2.24, 2.45) is 7.05 Å². The van der Waals surface area contributed by atoms with E-state index in [9.17, 15) is 19.5 Å². The van der Waals surface area contributed by atoms with Crippen LogP contribution in [0.5, 0.6) is 0 Å². The molecule has 1 aromatic heterocycles. The molecule has 1 atom stereocenters. The number of hydrogen-bond donors (Lipinski definition) is 1. The van der Waals surface area contributed by atoms with Gasteiger partial charge in [-0.25, -0.2) is 23.5 Å². The van der Waals surface area contributed by atoms with Gasteiger partial charge in [-0.05, 0) is 32.6 Å². The summed E-state index contributed by atoms with van der Waals surface area (Å²) in [5.41, 5.74) is -1.62. The molecule has 0 aliphatic rings. The Labute approximate surface area is 172 Å². The molecule has 1 heterocycles. The minimum atomic E-state index is -0.867. The lowest BCUT2D eigenvalue weighted by molar-refractivity contribution is -0.140. The van der Waals surface area contributed by atoms with Gasteiger partial charge in [0.2, 0.25) is 0 Å². The van der Waals surface area contributed by atoms with Crippen molar-refractivity contribution in [3.05, 3.63) is 33.1 Å². The highest BCUT2D eigenvalue weighted by Crippen LogP contribution is 2.19. The molecular weight excluding hydrogens is 374 g/mol. The first-order valence-corrected chi connectivity index (χ1v) is 10.5. The summed E-state index contributed by atoms with van der Waals surface area (Å²) >= 11 is 0. The van der Waals surface area contributed by atoms with Gasteiger partial charge in [0, 0.05) is 20.0 Å². The molecule has 0 spiro atoms. The zero-order chi connectivity index (χ0) is 21.9. The van der Waals surface area contributed by atoms with Crippen molar-refractivity contribution in [1.29, 1.82) is 0 Å². The van der Waals surface area contributed by atoms with Gasteiger partial charge in [0.15, 0.2) is 0 Å². The molecule has 166 valence electrons. The van der Waals surface area contributed by atoms with Gasteiger partial charge in [0.05, 0.1) is 19.3 Å². The molecule has 1 rings (SSSR count). The lowest BCUT2D eigenvalue weighted by atomic mass is 9.94. The van der Waals surface area contributed by atoms with E-state index in [0.717, 1.165) is 30.3 Å². The van der Waals surface area contributed by atoms with Crippen LogP contribution in [-0.4, -0.2) is 37.7 Å². The van der Waals surface area contributed by atoms with Crippen LogP contribution in [-0.2, 0) is 29.7 Å². The van der Waals surface area contributed by atoms with E-state index in [0.29, 0.717) is 32.1 Å². The third kappa shape index (κ3) is 8.43. The number of unbranched alkanes of at least 4 members (excludes halogenated alkanes) is 4. The molecule has 8 nitrogen and oxygen atoms in total. The Morgan fingerprint density at radius 2 is 1.76 bits per heavy atom. The van der Waals surface area contributed by atoms with Crippen LogP contribution >= 0.6 is 0 Å². The molecule has 0 radical (unpaired) electrons. The number of esters is 1. The summed E-state index contributed by atoms with van der Waals surface area (Å²) in [5.74, 6) is -0.242. The first-order valence-electron chi connectivity index (χ1n) is 10.5. The van der Waals surface area contributed by atoms with Gasteiger partial charge in [-0.1, -0.05) is 44.8 Å². The summed E-state index contributed by atoms with van der Waals surface area (Å²) in [6.45, 7) is 4.49. The molecule has 0 saturated heterocycles. The Hall–Kier alpha value is -2.09. The van der Waals surface area contributed by atoms with Crippen molar-refractivity contribution in [2.45, 2.75) is 90.3 Å². The first-order chi connectivity index (χ1) is 13.7. The molecule has 0 aliphatic carbocycles. The number of carbonyl (C=O) groups is 1. The zero-order valence-corrected chi connectivity index (χ0v) is 18.4. The normalized spacial score (nSPS) is 13.7. The van der Waals surface area contributed by atoms with E-state index in [1.54, 1.807) is 6.92 Å². The minimum Gasteiger partial charge on any atom is -0.469 e. The van der Waals surface area contributed by atoms with Gasteiger partial charge in [0.1, 0.15) is 0 Å². The quantitative estimate of drug-likeness (QED) is 0.288. The smallest absolute Gasteiger partial charge is 0.347 e. The van der Waals surface area contributed by atoms with E-state index < -0.39 is 5.60 Å². The fourth-order valence-corrected chi connectivity index (χ4v) is 3.19. The minimum absolute atomic E-state index is 0.242. The molecule has 8 heteroatoms. The monoisotopic (exact) mass is 411 g/mol. The molecule has 0 fully saturated rings. The number of nitrogens with zero attached hydrogens (tertiary/aromatic N) is 3. The van der Waals surface area contributed by atoms with E-state index >= 15 is 0 Å². The predicted molar refractivity (Wildman–Crippen MR) is 113 cm³/mol. The number of aliphatic hydroxyl groups is 1. The van der Waals surface area contributed by atoms with Crippen LogP contribution < -0.4 is 11.4 Å². The van der Waals surface area contributed by atoms with Crippen molar-refractivity contribution >= 4 is 5.97 Å². The number of allylic oxidation sites excluding steroid dienone is 2. The summed E-state index contributed by atoms with van der Waals surface area (Å²) in [4.78, 5) is 35.9. The Bertz CT molecular complexity index is 770. The van der Waals surface area contributed by atoms with Gasteiger partial charge in [-0.3, -0.25) is 4.79 Å². The van der Waals surface area contributed by atoms with E-state index in [1.165, 1.54) is 23.5 Å². The summed E-state index contributed by atoms with van der Waals surface area (Å²) in [5, 5.41) is 10.6. The fraction of sp³-hybridized carbons (Fsp3) is 0.762. The lowest BCUT2D eigenvalue weighted by Gasteiger charge is -2.23. The average molecular weight is 412 g/mol. The Morgan fingerprint density at radius 3 is 2.41 bits per heavy atom. The molecule has 0 aromatic carbocycles. The number of hydrogen-bond acceptors (Lipinski definition) is 5. The van der Waals surface area contributed by atoms with Gasteiger partial charge in [-0.2, -0.15) is 0 Å². The molecule has 1 unspecified atom stereocenters. The van der Waals surface area contributed by atoms with Crippen molar-refractivity contribution < 1.29 is 14.6 Å². The maximum absolute atomic E-state index is 12.4. The molecule has 29 heavy (non-hydrogen) atoms. The van der Waals surface area contributed by atoms with E-state index in [-0.39, 0.29) is 30.4 Å². The molecule has 0 aliphatic heterocycles. The van der Waals surface area contributed by atoms with E-state index in [4.69, 9.17) is 0 Å². The topological polar surface area (TPSA) is 95.5 Å². The van der Waals surface area contributed by atoms with Gasteiger partial charge < -0.3 is 9.84 Å². The van der Waals surface area contributed by atoms with Gasteiger partial charge >= 0.3 is 17.3 Å². The van der Waals surface area contributed by atoms with Gasteiger partial charge in [-0.15, -0.1) is 0 Å². The Morgan fingerprint density at radius 1 is 1.07 bits per heavy atom. The fourth-order valence-electron chi connectivity index (χ4n) is 3.19. The van der Waals surface area contributed by atoms with Crippen LogP contribution in [0.2, 0.25) is 0 Å². The standard InChI is InChI=1S/C21H37N3O5/c1-5-6-7-11-14-21(2,28)15-17-24-20(27)22(3)19(26)23(24)16-12-9-8-10-13-18(25)29-4/h9,12,28H,5-8,10-11,13-17H2,1-4H3/b12-9+. The highest BCUT2D eigenvalue weighted by atomic mass is 16.5. The molecule has 0 bridgehead atoms. The summed E-state index contributed by atoms with van der Waals surface area (Å²) in [6.07, 6.45) is 10.8. The SMILES string of the molecule is CCCCCCC(C)(O)CCn1c(=O)n(C)c(=O)n1C/C=C/CCCC(=O)OC. The Balaban J connectivity index is 2.69. The molecule has 1 N–H and O–H groups in total. The maximum atomic E-state index is 12.4. The number of carbonyl (C=O) groups excluding carboxylic acids is 1. The Kier molecular flexibility index (Phi) is 10.7. The van der Waals surface area contributed by atoms with Crippen LogP contribution in [0, 0.1) is 0 Å². The van der Waals surface area contributed by atoms with Gasteiger partial charge in [0.25, 0.3) is 0 Å². The molecule has 1 aromatic rings. The number of ether oxygens (including phenoxy) is 1. The highest BCUT2D eigenvalue weighted by Gasteiger charge is 2.22. The van der Waals surface area contributed by atoms with Crippen molar-refractivity contribution in [2.75, 3.05) is 7.11 Å². The van der Waals surface area contributed by atoms with Crippen LogP contribution in [0.1, 0.15) is 71.6 Å². The van der Waals surface area contributed by atoms with Crippen molar-refractivity contribution in [3.63, 3.8) is 0 Å². The average Bonchev–Trinajstić information content (AvgIpc) is 2.89. The number of methoxy groups -OCH3 is 1. The third-order valence-electron chi connectivity index (χ3n) is 5.16. The number of aromatic nitrogens is 3. The van der Waals surface area contributed by atoms with E-state index in [1.807, 2.05) is 12.2 Å². The second-order valence-electron chi connectivity index (χ2n) is 7.83. The number of rotatable bonds is 14. The van der Waals surface area contributed by atoms with Crippen LogP contribution in [0.4, 0.5) is 0 Å². The van der Waals surface area contributed by atoms with Crippen molar-refractivity contribution in [3.8, 4) is 0 Å². The van der Waals surface area contributed by atoms with Crippen molar-refractivity contribution in [1.82, 2.24) is 13.9 Å². The first kappa shape index (κ1) is 24.9. The van der Waals surface area contributed by atoms with E-state index in [2.05, 4.69) is 11.7 Å². The van der Waals surface area contributed by atoms with Crippen LogP contribution in [0.3, 0.4) is 0 Å². The summed E-state index contributed by atoms with van der Waals surface area (Å²) in [6, 6.07) is 0. The lowest BCUT2D eigenvalue weighted by Crippen LogP contribution is -2.32. The summed E-state index contributed by atoms with van der Waals surface area (Å²) in [7, 11) is 2.82. The van der Waals surface area contributed by atoms with Crippen LogP contribution in [0.25, 0.3) is 0 Å². The zero-order valence-electron chi connectivity index (χ0n) is 18.4. The van der Waals surface area contributed by atoms with Crippen LogP contribution in [0.15, 0.2) is 21.7 Å². The highest BCUT2D eigenvalue weighted by molar-refractivity contribution is 5.69. The second-order valence-corrected chi connectivity index (χ2v) is 7.83. The summed E-state index contributed by atoms with van der Waals surface area (Å²) < 4.78 is 8.48. The maximum Gasteiger partial charge on any atom is 0.347 e.